The van der Waals surface area contributed by atoms with Crippen molar-refractivity contribution in [1.82, 2.24) is 25.4 Å². The van der Waals surface area contributed by atoms with Crippen molar-refractivity contribution in [3.63, 3.8) is 0 Å². The van der Waals surface area contributed by atoms with E-state index in [9.17, 15) is 0 Å². The molecule has 7 heteroatoms. The topological polar surface area (TPSA) is 70.4 Å². The molecule has 0 amide bonds. The Labute approximate surface area is 161 Å². The second kappa shape index (κ2) is 9.21. The molecule has 0 bridgehead atoms. The third-order valence-electron chi connectivity index (χ3n) is 4.93. The van der Waals surface area contributed by atoms with Crippen molar-refractivity contribution in [3.05, 3.63) is 54.6 Å². The Morgan fingerprint density at radius 1 is 1.26 bits per heavy atom. The number of benzene rings is 1. The Hall–Kier alpha value is -2.83. The fourth-order valence-electron chi connectivity index (χ4n) is 3.17. The fourth-order valence-corrected chi connectivity index (χ4v) is 3.17. The number of nitrogens with one attached hydrogen (secondary N) is 2. The Balaban J connectivity index is 1.57. The van der Waals surface area contributed by atoms with Crippen molar-refractivity contribution < 1.29 is 0 Å². The maximum Gasteiger partial charge on any atom is 0.192 e. The lowest BCUT2D eigenvalue weighted by molar-refractivity contribution is 0.461. The van der Waals surface area contributed by atoms with Crippen LogP contribution in [0.25, 0.3) is 0 Å². The lowest BCUT2D eigenvalue weighted by atomic mass is 10.0. The first-order chi connectivity index (χ1) is 13.2. The molecular formula is C20H29N7. The molecule has 0 aliphatic carbocycles. The maximum absolute atomic E-state index is 4.69. The molecule has 1 saturated heterocycles. The van der Waals surface area contributed by atoms with Crippen LogP contribution in [-0.4, -0.2) is 46.4 Å². The predicted molar refractivity (Wildman–Crippen MR) is 110 cm³/mol. The summed E-state index contributed by atoms with van der Waals surface area (Å²) in [4.78, 5) is 7.13. The second-order valence-electron chi connectivity index (χ2n) is 6.80. The van der Waals surface area contributed by atoms with E-state index >= 15 is 0 Å². The van der Waals surface area contributed by atoms with Gasteiger partial charge in [-0.3, -0.25) is 0 Å². The SMILES string of the molecule is C=CCNC(=NCc1nnc(C)n1C)NC1CCN(c2ccccc2)CC1. The first kappa shape index (κ1) is 18.9. The molecule has 1 fully saturated rings. The minimum absolute atomic E-state index is 0.405. The van der Waals surface area contributed by atoms with E-state index in [4.69, 9.17) is 0 Å². The average molecular weight is 368 g/mol. The van der Waals surface area contributed by atoms with E-state index in [1.807, 2.05) is 24.6 Å². The summed E-state index contributed by atoms with van der Waals surface area (Å²) < 4.78 is 1.97. The van der Waals surface area contributed by atoms with Gasteiger partial charge in [-0.25, -0.2) is 4.99 Å². The van der Waals surface area contributed by atoms with Crippen LogP contribution in [0.1, 0.15) is 24.5 Å². The number of rotatable bonds is 6. The molecule has 2 N–H and O–H groups in total. The summed E-state index contributed by atoms with van der Waals surface area (Å²) in [6.07, 6.45) is 3.99. The zero-order valence-electron chi connectivity index (χ0n) is 16.2. The number of hydrogen-bond acceptors (Lipinski definition) is 4. The van der Waals surface area contributed by atoms with E-state index < -0.39 is 0 Å². The first-order valence-electron chi connectivity index (χ1n) is 9.48. The summed E-state index contributed by atoms with van der Waals surface area (Å²) >= 11 is 0. The normalized spacial score (nSPS) is 15.6. The zero-order chi connectivity index (χ0) is 19.1. The van der Waals surface area contributed by atoms with Gasteiger partial charge in [0.05, 0.1) is 0 Å². The molecule has 0 saturated carbocycles. The summed E-state index contributed by atoms with van der Waals surface area (Å²) in [5.41, 5.74) is 1.30. The number of aryl methyl sites for hydroxylation is 1. The molecule has 1 aromatic carbocycles. The molecule has 144 valence electrons. The van der Waals surface area contributed by atoms with Crippen molar-refractivity contribution in [3.8, 4) is 0 Å². The number of aliphatic imine (C=N–C) groups is 1. The fraction of sp³-hybridized carbons (Fsp3) is 0.450. The van der Waals surface area contributed by atoms with Crippen LogP contribution in [0.3, 0.4) is 0 Å². The highest BCUT2D eigenvalue weighted by molar-refractivity contribution is 5.80. The molecular weight excluding hydrogens is 338 g/mol. The predicted octanol–water partition coefficient (Wildman–Crippen LogP) is 2.01. The third kappa shape index (κ3) is 5.09. The zero-order valence-corrected chi connectivity index (χ0v) is 16.2. The third-order valence-corrected chi connectivity index (χ3v) is 4.93. The number of aromatic nitrogens is 3. The molecule has 0 unspecified atom stereocenters. The number of nitrogens with zero attached hydrogens (tertiary/aromatic N) is 5. The molecule has 1 aromatic heterocycles. The van der Waals surface area contributed by atoms with Gasteiger partial charge in [0, 0.05) is 38.4 Å². The number of para-hydroxylation sites is 1. The summed E-state index contributed by atoms with van der Waals surface area (Å²) in [7, 11) is 1.96. The molecule has 27 heavy (non-hydrogen) atoms. The minimum atomic E-state index is 0.405. The lowest BCUT2D eigenvalue weighted by Crippen LogP contribution is -2.48. The number of hydrogen-bond donors (Lipinski definition) is 2. The second-order valence-corrected chi connectivity index (χ2v) is 6.80. The number of guanidine groups is 1. The van der Waals surface area contributed by atoms with E-state index in [1.165, 1.54) is 5.69 Å². The van der Waals surface area contributed by atoms with Crippen LogP contribution in [0.5, 0.6) is 0 Å². The van der Waals surface area contributed by atoms with Crippen LogP contribution in [0.4, 0.5) is 5.69 Å². The molecule has 3 rings (SSSR count). The van der Waals surface area contributed by atoms with Gasteiger partial charge in [-0.2, -0.15) is 0 Å². The van der Waals surface area contributed by atoms with Crippen molar-refractivity contribution >= 4 is 11.6 Å². The van der Waals surface area contributed by atoms with E-state index in [0.29, 0.717) is 19.1 Å². The quantitative estimate of drug-likeness (QED) is 0.464. The van der Waals surface area contributed by atoms with Gasteiger partial charge >= 0.3 is 0 Å². The van der Waals surface area contributed by atoms with Crippen LogP contribution in [0, 0.1) is 6.92 Å². The highest BCUT2D eigenvalue weighted by atomic mass is 15.3. The number of anilines is 1. The van der Waals surface area contributed by atoms with Crippen molar-refractivity contribution in [2.24, 2.45) is 12.0 Å². The molecule has 2 heterocycles. The van der Waals surface area contributed by atoms with Gasteiger partial charge in [-0.15, -0.1) is 16.8 Å². The summed E-state index contributed by atoms with van der Waals surface area (Å²) in [6, 6.07) is 11.0. The van der Waals surface area contributed by atoms with Gasteiger partial charge in [0.25, 0.3) is 0 Å². The first-order valence-corrected chi connectivity index (χ1v) is 9.48. The van der Waals surface area contributed by atoms with Crippen molar-refractivity contribution in [1.29, 1.82) is 0 Å². The average Bonchev–Trinajstić information content (AvgIpc) is 3.03. The van der Waals surface area contributed by atoms with Gasteiger partial charge in [0.15, 0.2) is 11.8 Å². The van der Waals surface area contributed by atoms with E-state index in [-0.39, 0.29) is 0 Å². The lowest BCUT2D eigenvalue weighted by Gasteiger charge is -2.34. The summed E-state index contributed by atoms with van der Waals surface area (Å²) in [6.45, 7) is 8.97. The van der Waals surface area contributed by atoms with Crippen LogP contribution >= 0.6 is 0 Å². The van der Waals surface area contributed by atoms with Crippen molar-refractivity contribution in [2.45, 2.75) is 32.4 Å². The Morgan fingerprint density at radius 3 is 2.63 bits per heavy atom. The molecule has 0 spiro atoms. The van der Waals surface area contributed by atoms with Crippen molar-refractivity contribution in [2.75, 3.05) is 24.5 Å². The summed E-state index contributed by atoms with van der Waals surface area (Å²) in [5.74, 6) is 2.54. The Bertz CT molecular complexity index is 758. The summed E-state index contributed by atoms with van der Waals surface area (Å²) in [5, 5.41) is 15.1. The Morgan fingerprint density at radius 2 is 2.00 bits per heavy atom. The van der Waals surface area contributed by atoms with Gasteiger partial charge in [-0.1, -0.05) is 24.3 Å². The van der Waals surface area contributed by atoms with Crippen LogP contribution in [0.15, 0.2) is 48.0 Å². The van der Waals surface area contributed by atoms with E-state index in [0.717, 1.165) is 43.5 Å². The largest absolute Gasteiger partial charge is 0.371 e. The smallest absolute Gasteiger partial charge is 0.192 e. The van der Waals surface area contributed by atoms with Crippen LogP contribution in [-0.2, 0) is 13.6 Å². The van der Waals surface area contributed by atoms with Gasteiger partial charge in [0.1, 0.15) is 12.4 Å². The monoisotopic (exact) mass is 367 g/mol. The molecule has 1 aliphatic heterocycles. The molecule has 0 radical (unpaired) electrons. The molecule has 0 atom stereocenters. The molecule has 2 aromatic rings. The highest BCUT2D eigenvalue weighted by Crippen LogP contribution is 2.19. The Kier molecular flexibility index (Phi) is 6.46. The highest BCUT2D eigenvalue weighted by Gasteiger charge is 2.20. The van der Waals surface area contributed by atoms with Gasteiger partial charge in [0.2, 0.25) is 0 Å². The van der Waals surface area contributed by atoms with Crippen LogP contribution < -0.4 is 15.5 Å². The van der Waals surface area contributed by atoms with E-state index in [1.54, 1.807) is 0 Å². The standard InChI is InChI=1S/C20H29N7/c1-4-12-21-20(22-15-19-25-24-16(2)26(19)3)23-17-10-13-27(14-11-17)18-8-6-5-7-9-18/h4-9,17H,1,10-15H2,2-3H3,(H2,21,22,23). The number of piperidine rings is 1. The minimum Gasteiger partial charge on any atom is -0.371 e. The van der Waals surface area contributed by atoms with Crippen LogP contribution in [0.2, 0.25) is 0 Å². The molecule has 7 nitrogen and oxygen atoms in total. The molecule has 1 aliphatic rings. The van der Waals surface area contributed by atoms with Gasteiger partial charge < -0.3 is 20.1 Å². The maximum atomic E-state index is 4.69. The van der Waals surface area contributed by atoms with Gasteiger partial charge in [-0.05, 0) is 31.9 Å². The van der Waals surface area contributed by atoms with E-state index in [2.05, 4.69) is 67.6 Å².